The van der Waals surface area contributed by atoms with Gasteiger partial charge in [0.15, 0.2) is 0 Å². The Kier molecular flexibility index (Phi) is 47.7. The topological polar surface area (TPSA) is 60.4 Å². The largest absolute Gasteiger partial charge is 1.00 e. The smallest absolute Gasteiger partial charge is 0.652 e. The quantitative estimate of drug-likeness (QED) is 0.0822. The van der Waals surface area contributed by atoms with Gasteiger partial charge in [-0.15, -0.1) is 12.6 Å². The van der Waals surface area contributed by atoms with Crippen molar-refractivity contribution in [3.8, 4) is 0 Å². The van der Waals surface area contributed by atoms with Crippen LogP contribution in [0.1, 0.15) is 176 Å². The van der Waals surface area contributed by atoms with Crippen molar-refractivity contribution in [1.29, 1.82) is 0 Å². The van der Waals surface area contributed by atoms with Crippen molar-refractivity contribution in [2.75, 3.05) is 0 Å². The van der Waals surface area contributed by atoms with Crippen molar-refractivity contribution in [1.82, 2.24) is 4.90 Å². The van der Waals surface area contributed by atoms with Gasteiger partial charge in [-0.2, -0.15) is 0 Å². The first-order valence-electron chi connectivity index (χ1n) is 28.0. The monoisotopic (exact) mass is 1030 g/mol. The third kappa shape index (κ3) is 32.1. The summed E-state index contributed by atoms with van der Waals surface area (Å²) in [4.78, 5) is 12.6. The van der Waals surface area contributed by atoms with Crippen LogP contribution in [-0.2, 0) is 13.1 Å². The number of hydrogen-bond donors (Lipinski definition) is 1. The number of rotatable bonds is 15. The molecule has 4 atom stereocenters. The molecule has 5 heteroatoms. The van der Waals surface area contributed by atoms with Gasteiger partial charge in [-0.05, 0) is 54.5 Å². The van der Waals surface area contributed by atoms with Crippen LogP contribution in [-0.4, -0.2) is 11.2 Å². The van der Waals surface area contributed by atoms with Gasteiger partial charge in [-0.3, -0.25) is 9.69 Å². The molecule has 0 saturated heterocycles. The van der Waals surface area contributed by atoms with Crippen LogP contribution >= 0.6 is 0 Å². The van der Waals surface area contributed by atoms with Gasteiger partial charge in [-0.1, -0.05) is 342 Å². The SMILES string of the molecule is C/C=C/c1ccccc1.CC.CC.CC.CC.CC[C@@H](N)c1ccccc1.CC[C@H](c1ccccc1)N(Cc1ccccc1)[C@@H](C)c1ccccc1.C[C@H]([N-]Cc1ccccc1)c1ccccc1.O=Cc1ccccc1.[Li+]. The van der Waals surface area contributed by atoms with Crippen LogP contribution in [0.2, 0.25) is 0 Å². The minimum Gasteiger partial charge on any atom is -0.652 e. The predicted octanol–water partition coefficient (Wildman–Crippen LogP) is 18.1. The van der Waals surface area contributed by atoms with Gasteiger partial charge in [0.25, 0.3) is 0 Å². The fourth-order valence-corrected chi connectivity index (χ4v) is 7.46. The molecule has 0 saturated carbocycles. The van der Waals surface area contributed by atoms with Crippen molar-refractivity contribution in [2.45, 2.75) is 140 Å². The van der Waals surface area contributed by atoms with Crippen LogP contribution in [0.5, 0.6) is 0 Å². The number of allylic oxidation sites excluding steroid dienone is 1. The van der Waals surface area contributed by atoms with Gasteiger partial charge in [0.1, 0.15) is 6.29 Å². The summed E-state index contributed by atoms with van der Waals surface area (Å²) >= 11 is 0. The molecule has 2 N–H and O–H groups in total. The average Bonchev–Trinajstić information content (AvgIpc) is 3.52. The van der Waals surface area contributed by atoms with Gasteiger partial charge >= 0.3 is 18.9 Å². The summed E-state index contributed by atoms with van der Waals surface area (Å²) < 4.78 is 0. The molecule has 8 aromatic rings. The maximum absolute atomic E-state index is 10.0. The second-order valence-electron chi connectivity index (χ2n) is 16.4. The minimum atomic E-state index is 0. The molecular formula is C72H96LiN3O. The number of hydrogen-bond acceptors (Lipinski definition) is 3. The summed E-state index contributed by atoms with van der Waals surface area (Å²) in [5.74, 6) is 0. The van der Waals surface area contributed by atoms with E-state index in [4.69, 9.17) is 5.73 Å². The van der Waals surface area contributed by atoms with Crippen LogP contribution in [0, 0.1) is 0 Å². The summed E-state index contributed by atoms with van der Waals surface area (Å²) in [5.41, 5.74) is 15.7. The molecule has 0 unspecified atom stereocenters. The molecule has 0 aliphatic carbocycles. The normalized spacial score (nSPS) is 11.1. The summed E-state index contributed by atoms with van der Waals surface area (Å²) in [6, 6.07) is 84.0. The van der Waals surface area contributed by atoms with Crippen LogP contribution in [0.15, 0.2) is 249 Å². The van der Waals surface area contributed by atoms with E-state index < -0.39 is 0 Å². The molecule has 0 aliphatic rings. The van der Waals surface area contributed by atoms with Gasteiger partial charge in [0.05, 0.1) is 0 Å². The van der Waals surface area contributed by atoms with E-state index in [1.54, 1.807) is 12.1 Å². The van der Waals surface area contributed by atoms with Crippen molar-refractivity contribution >= 4 is 12.4 Å². The second kappa shape index (κ2) is 50.5. The molecule has 8 aromatic carbocycles. The molecule has 8 rings (SSSR count). The molecule has 0 heterocycles. The number of carbonyl (C=O) groups excluding carboxylic acids is 1. The second-order valence-corrected chi connectivity index (χ2v) is 16.4. The number of benzene rings is 8. The van der Waals surface area contributed by atoms with Crippen molar-refractivity contribution in [3.63, 3.8) is 0 Å². The zero-order valence-corrected chi connectivity index (χ0v) is 49.8. The summed E-state index contributed by atoms with van der Waals surface area (Å²) in [7, 11) is 0. The molecule has 406 valence electrons. The van der Waals surface area contributed by atoms with Crippen LogP contribution in [0.3, 0.4) is 0 Å². The maximum atomic E-state index is 10.0. The predicted molar refractivity (Wildman–Crippen MR) is 337 cm³/mol. The Morgan fingerprint density at radius 1 is 0.442 bits per heavy atom. The summed E-state index contributed by atoms with van der Waals surface area (Å²) in [5, 5.41) is 4.66. The Morgan fingerprint density at radius 3 is 1.14 bits per heavy atom. The van der Waals surface area contributed by atoms with Gasteiger partial charge in [0, 0.05) is 30.2 Å². The van der Waals surface area contributed by atoms with E-state index >= 15 is 0 Å². The standard InChI is InChI=1S/C24H27N.C15H16N.C9H13N.C9H10.C7H6O.4C2H6.Li/c1-3-24(23-17-11-6-12-18-23)25(19-21-13-7-4-8-14-21)20(2)22-15-9-5-10-16-22;1-13(15-10-6-3-7-11-15)16-12-14-8-4-2-5-9-14;1-2-9(10)8-6-4-3-5-7-8;1-2-6-9-7-4-3-5-8-9;8-6-7-4-2-1-3-5-7;4*1-2;/h4-18,20,24H,3,19H2,1-2H3;2-11,13H,12H2,1H3;3-7,9H,2,10H2,1H3;2-8H,1H3;1-6H;4*1-2H3;/q;-1;;;;;;;;+1/b;;;6-2+;;;;;;/t20-,24+;13-;9-;;;;;;;/m001......./s1. The Balaban J connectivity index is 0. The third-order valence-electron chi connectivity index (χ3n) is 11.4. The Labute approximate surface area is 482 Å². The van der Waals surface area contributed by atoms with Gasteiger partial charge < -0.3 is 11.1 Å². The number of carbonyl (C=O) groups is 1. The van der Waals surface area contributed by atoms with Crippen LogP contribution in [0.4, 0.5) is 0 Å². The number of aldehydes is 1. The maximum Gasteiger partial charge on any atom is 1.00 e. The molecule has 0 aromatic heterocycles. The Hall–Kier alpha value is -6.35. The van der Waals surface area contributed by atoms with Crippen molar-refractivity contribution < 1.29 is 23.7 Å². The third-order valence-corrected chi connectivity index (χ3v) is 11.4. The Morgan fingerprint density at radius 2 is 0.779 bits per heavy atom. The van der Waals surface area contributed by atoms with E-state index in [0.29, 0.717) is 12.1 Å². The zero-order chi connectivity index (χ0) is 56.4. The molecule has 0 radical (unpaired) electrons. The molecule has 4 nitrogen and oxygen atoms in total. The fourth-order valence-electron chi connectivity index (χ4n) is 7.46. The van der Waals surface area contributed by atoms with Gasteiger partial charge in [0.2, 0.25) is 0 Å². The molecule has 0 fully saturated rings. The fraction of sp³-hybridized carbons (Fsp3) is 0.292. The molecule has 0 bridgehead atoms. The Bertz CT molecular complexity index is 2460. The summed E-state index contributed by atoms with van der Waals surface area (Å²) in [6.07, 6.45) is 7.05. The molecule has 0 aliphatic heterocycles. The molecule has 0 amide bonds. The van der Waals surface area contributed by atoms with E-state index in [-0.39, 0.29) is 30.9 Å². The zero-order valence-electron chi connectivity index (χ0n) is 49.8. The van der Waals surface area contributed by atoms with Crippen molar-refractivity contribution in [2.24, 2.45) is 5.73 Å². The van der Waals surface area contributed by atoms with E-state index in [1.807, 2.05) is 135 Å². The minimum absolute atomic E-state index is 0. The number of nitrogens with zero attached hydrogens (tertiary/aromatic N) is 2. The van der Waals surface area contributed by atoms with Crippen LogP contribution in [0.25, 0.3) is 11.4 Å². The number of nitrogens with two attached hydrogens (primary N) is 1. The van der Waals surface area contributed by atoms with E-state index in [0.717, 1.165) is 37.8 Å². The average molecular weight is 1030 g/mol. The molecule has 0 spiro atoms. The first kappa shape index (κ1) is 72.7. The van der Waals surface area contributed by atoms with Crippen LogP contribution < -0.4 is 24.6 Å². The van der Waals surface area contributed by atoms with Crippen molar-refractivity contribution in [3.05, 3.63) is 299 Å². The molecular weight excluding hydrogens is 930 g/mol. The van der Waals surface area contributed by atoms with Gasteiger partial charge in [-0.25, -0.2) is 0 Å². The summed E-state index contributed by atoms with van der Waals surface area (Å²) in [6.45, 7) is 28.6. The van der Waals surface area contributed by atoms with E-state index in [2.05, 4.69) is 208 Å². The molecule has 77 heavy (non-hydrogen) atoms. The van der Waals surface area contributed by atoms with E-state index in [1.165, 1.54) is 38.9 Å². The first-order chi connectivity index (χ1) is 37.4. The first-order valence-corrected chi connectivity index (χ1v) is 28.0. The van der Waals surface area contributed by atoms with E-state index in [9.17, 15) is 4.79 Å².